The maximum atomic E-state index is 11.2. The summed E-state index contributed by atoms with van der Waals surface area (Å²) < 4.78 is 5.39. The number of aliphatic imine (C=N–C) groups is 1. The zero-order chi connectivity index (χ0) is 19.5. The molecule has 27 heavy (non-hydrogen) atoms. The number of anilines is 1. The summed E-state index contributed by atoms with van der Waals surface area (Å²) in [5, 5.41) is 9.39. The van der Waals surface area contributed by atoms with Crippen LogP contribution in [0.25, 0.3) is 0 Å². The molecule has 0 aliphatic rings. The maximum Gasteiger partial charge on any atom is 0.221 e. The van der Waals surface area contributed by atoms with E-state index in [4.69, 9.17) is 4.74 Å². The lowest BCUT2D eigenvalue weighted by Crippen LogP contribution is -2.38. The van der Waals surface area contributed by atoms with Gasteiger partial charge in [-0.05, 0) is 42.7 Å². The number of hydrogen-bond donors (Lipinski definition) is 3. The predicted octanol–water partition coefficient (Wildman–Crippen LogP) is 2.95. The second kappa shape index (κ2) is 10.9. The highest BCUT2D eigenvalue weighted by Crippen LogP contribution is 2.17. The Morgan fingerprint density at radius 1 is 1.11 bits per heavy atom. The highest BCUT2D eigenvalue weighted by Gasteiger charge is 2.03. The molecule has 0 spiro atoms. The number of amides is 1. The third kappa shape index (κ3) is 7.01. The first-order chi connectivity index (χ1) is 13.1. The third-order valence-corrected chi connectivity index (χ3v) is 3.89. The molecule has 0 aromatic heterocycles. The molecular formula is C21H28N4O2. The number of nitrogens with one attached hydrogen (secondary N) is 3. The molecule has 6 nitrogen and oxygen atoms in total. The Morgan fingerprint density at radius 2 is 1.93 bits per heavy atom. The van der Waals surface area contributed by atoms with Gasteiger partial charge in [-0.15, -0.1) is 0 Å². The first-order valence-electron chi connectivity index (χ1n) is 9.13. The van der Waals surface area contributed by atoms with Gasteiger partial charge in [-0.1, -0.05) is 30.3 Å². The molecule has 2 rings (SSSR count). The summed E-state index contributed by atoms with van der Waals surface area (Å²) in [5.74, 6) is 1.58. The largest absolute Gasteiger partial charge is 0.496 e. The zero-order valence-electron chi connectivity index (χ0n) is 16.2. The van der Waals surface area contributed by atoms with Gasteiger partial charge in [-0.3, -0.25) is 4.79 Å². The van der Waals surface area contributed by atoms with Gasteiger partial charge in [0.25, 0.3) is 0 Å². The van der Waals surface area contributed by atoms with Gasteiger partial charge >= 0.3 is 0 Å². The first-order valence-corrected chi connectivity index (χ1v) is 9.13. The van der Waals surface area contributed by atoms with Crippen LogP contribution in [0.2, 0.25) is 0 Å². The molecule has 3 N–H and O–H groups in total. The van der Waals surface area contributed by atoms with Crippen LogP contribution < -0.4 is 20.7 Å². The Morgan fingerprint density at radius 3 is 2.67 bits per heavy atom. The summed E-state index contributed by atoms with van der Waals surface area (Å²) in [4.78, 5) is 15.8. The fourth-order valence-electron chi connectivity index (χ4n) is 2.69. The highest BCUT2D eigenvalue weighted by atomic mass is 16.5. The molecule has 0 aliphatic heterocycles. The van der Waals surface area contributed by atoms with E-state index in [0.29, 0.717) is 6.54 Å². The van der Waals surface area contributed by atoms with Crippen LogP contribution in [0.3, 0.4) is 0 Å². The summed E-state index contributed by atoms with van der Waals surface area (Å²) in [5.41, 5.74) is 2.97. The topological polar surface area (TPSA) is 74.8 Å². The molecule has 0 aliphatic carbocycles. The predicted molar refractivity (Wildman–Crippen MR) is 110 cm³/mol. The summed E-state index contributed by atoms with van der Waals surface area (Å²) in [7, 11) is 1.69. The molecule has 0 radical (unpaired) electrons. The summed E-state index contributed by atoms with van der Waals surface area (Å²) in [6.45, 7) is 5.59. The van der Waals surface area contributed by atoms with E-state index < -0.39 is 0 Å². The van der Waals surface area contributed by atoms with Crippen molar-refractivity contribution in [2.45, 2.75) is 26.8 Å². The van der Waals surface area contributed by atoms with E-state index in [1.165, 1.54) is 6.92 Å². The van der Waals surface area contributed by atoms with Crippen LogP contribution in [0.5, 0.6) is 5.75 Å². The van der Waals surface area contributed by atoms with Gasteiger partial charge in [-0.2, -0.15) is 0 Å². The number of benzene rings is 2. The van der Waals surface area contributed by atoms with Crippen molar-refractivity contribution < 1.29 is 9.53 Å². The second-order valence-electron chi connectivity index (χ2n) is 6.07. The Bertz CT molecular complexity index is 774. The number of para-hydroxylation sites is 1. The number of ether oxygens (including phenoxy) is 1. The number of guanidine groups is 1. The minimum atomic E-state index is -0.0815. The van der Waals surface area contributed by atoms with Crippen molar-refractivity contribution in [2.75, 3.05) is 25.5 Å². The molecule has 0 saturated carbocycles. The Hall–Kier alpha value is -3.02. The molecule has 0 atom stereocenters. The van der Waals surface area contributed by atoms with Gasteiger partial charge in [0, 0.05) is 25.7 Å². The second-order valence-corrected chi connectivity index (χ2v) is 6.07. The van der Waals surface area contributed by atoms with Crippen molar-refractivity contribution in [1.29, 1.82) is 0 Å². The molecule has 0 bridgehead atoms. The van der Waals surface area contributed by atoms with Crippen molar-refractivity contribution >= 4 is 17.6 Å². The van der Waals surface area contributed by atoms with Crippen LogP contribution in [0.1, 0.15) is 25.0 Å². The average Bonchev–Trinajstić information content (AvgIpc) is 2.66. The lowest BCUT2D eigenvalue weighted by atomic mass is 10.1. The van der Waals surface area contributed by atoms with Gasteiger partial charge in [-0.25, -0.2) is 4.99 Å². The molecule has 0 unspecified atom stereocenters. The van der Waals surface area contributed by atoms with Crippen LogP contribution in [0, 0.1) is 0 Å². The Kier molecular flexibility index (Phi) is 8.16. The first kappa shape index (κ1) is 20.3. The minimum Gasteiger partial charge on any atom is -0.496 e. The van der Waals surface area contributed by atoms with Crippen molar-refractivity contribution in [3.63, 3.8) is 0 Å². The number of hydrogen-bond acceptors (Lipinski definition) is 3. The van der Waals surface area contributed by atoms with Crippen LogP contribution in [0.4, 0.5) is 5.69 Å². The van der Waals surface area contributed by atoms with E-state index in [2.05, 4.69) is 27.0 Å². The van der Waals surface area contributed by atoms with E-state index in [1.807, 2.05) is 49.4 Å². The van der Waals surface area contributed by atoms with Crippen molar-refractivity contribution in [2.24, 2.45) is 4.99 Å². The highest BCUT2D eigenvalue weighted by molar-refractivity contribution is 5.88. The van der Waals surface area contributed by atoms with E-state index in [1.54, 1.807) is 7.11 Å². The van der Waals surface area contributed by atoms with E-state index >= 15 is 0 Å². The lowest BCUT2D eigenvalue weighted by Gasteiger charge is -2.13. The molecule has 0 fully saturated rings. The number of carbonyl (C=O) groups excluding carboxylic acids is 1. The Labute approximate surface area is 161 Å². The smallest absolute Gasteiger partial charge is 0.221 e. The zero-order valence-corrected chi connectivity index (χ0v) is 16.2. The van der Waals surface area contributed by atoms with Gasteiger partial charge in [0.15, 0.2) is 5.96 Å². The lowest BCUT2D eigenvalue weighted by molar-refractivity contribution is -0.114. The van der Waals surface area contributed by atoms with E-state index in [0.717, 1.165) is 48.0 Å². The van der Waals surface area contributed by atoms with Crippen molar-refractivity contribution in [1.82, 2.24) is 10.6 Å². The van der Waals surface area contributed by atoms with E-state index in [9.17, 15) is 4.79 Å². The van der Waals surface area contributed by atoms with Crippen molar-refractivity contribution in [3.05, 3.63) is 59.7 Å². The normalized spacial score (nSPS) is 11.0. The molecular weight excluding hydrogens is 340 g/mol. The summed E-state index contributed by atoms with van der Waals surface area (Å²) in [6, 6.07) is 15.7. The average molecular weight is 368 g/mol. The molecule has 6 heteroatoms. The molecule has 144 valence electrons. The fourth-order valence-corrected chi connectivity index (χ4v) is 2.69. The number of methoxy groups -OCH3 is 1. The standard InChI is InChI=1S/C21H28N4O2/c1-4-22-21(23-13-12-18-9-5-6-11-20(18)27-3)24-15-17-8-7-10-19(14-17)25-16(2)26/h5-11,14H,4,12-13,15H2,1-3H3,(H,25,26)(H2,22,23,24). The van der Waals surface area contributed by atoms with Crippen LogP contribution in [-0.4, -0.2) is 32.1 Å². The monoisotopic (exact) mass is 368 g/mol. The molecule has 2 aromatic carbocycles. The van der Waals surface area contributed by atoms with Crippen LogP contribution >= 0.6 is 0 Å². The van der Waals surface area contributed by atoms with Gasteiger partial charge < -0.3 is 20.7 Å². The fraction of sp³-hybridized carbons (Fsp3) is 0.333. The van der Waals surface area contributed by atoms with Crippen molar-refractivity contribution in [3.8, 4) is 5.75 Å². The Balaban J connectivity index is 1.95. The number of nitrogens with zero attached hydrogens (tertiary/aromatic N) is 1. The third-order valence-electron chi connectivity index (χ3n) is 3.89. The van der Waals surface area contributed by atoms with Gasteiger partial charge in [0.2, 0.25) is 5.91 Å². The van der Waals surface area contributed by atoms with Gasteiger partial charge in [0.05, 0.1) is 13.7 Å². The van der Waals surface area contributed by atoms with Crippen LogP contribution in [-0.2, 0) is 17.8 Å². The molecule has 0 heterocycles. The minimum absolute atomic E-state index is 0.0815. The molecule has 0 saturated heterocycles. The summed E-state index contributed by atoms with van der Waals surface area (Å²) in [6.07, 6.45) is 0.840. The molecule has 2 aromatic rings. The van der Waals surface area contributed by atoms with Gasteiger partial charge in [0.1, 0.15) is 5.75 Å². The SMILES string of the molecule is CCNC(=NCc1cccc(NC(C)=O)c1)NCCc1ccccc1OC. The number of carbonyl (C=O) groups is 1. The molecule has 1 amide bonds. The summed E-state index contributed by atoms with van der Waals surface area (Å²) >= 11 is 0. The quantitative estimate of drug-likeness (QED) is 0.495. The van der Waals surface area contributed by atoms with Crippen LogP contribution in [0.15, 0.2) is 53.5 Å². The van der Waals surface area contributed by atoms with E-state index in [-0.39, 0.29) is 5.91 Å². The maximum absolute atomic E-state index is 11.2. The number of rotatable bonds is 8.